The van der Waals surface area contributed by atoms with Crippen LogP contribution < -0.4 is 10.6 Å². The smallest absolute Gasteiger partial charge is 0.407 e. The summed E-state index contributed by atoms with van der Waals surface area (Å²) in [5.74, 6) is -1.85. The van der Waals surface area contributed by atoms with E-state index in [4.69, 9.17) is 9.84 Å². The highest BCUT2D eigenvalue weighted by Crippen LogP contribution is 2.44. The van der Waals surface area contributed by atoms with Gasteiger partial charge in [0, 0.05) is 12.3 Å². The molecule has 0 saturated carbocycles. The number of carboxylic acids is 1. The van der Waals surface area contributed by atoms with Crippen molar-refractivity contribution in [2.75, 3.05) is 13.2 Å². The molecule has 0 heterocycles. The molecule has 1 unspecified atom stereocenters. The Morgan fingerprint density at radius 1 is 0.848 bits per heavy atom. The Labute approximate surface area is 191 Å². The highest BCUT2D eigenvalue weighted by molar-refractivity contribution is 5.88. The summed E-state index contributed by atoms with van der Waals surface area (Å²) in [7, 11) is 0. The van der Waals surface area contributed by atoms with Crippen LogP contribution in [-0.2, 0) is 20.7 Å². The van der Waals surface area contributed by atoms with Crippen LogP contribution in [0.4, 0.5) is 4.79 Å². The lowest BCUT2D eigenvalue weighted by Crippen LogP contribution is -2.49. The van der Waals surface area contributed by atoms with E-state index in [2.05, 4.69) is 22.8 Å². The van der Waals surface area contributed by atoms with Gasteiger partial charge in [0.2, 0.25) is 5.91 Å². The van der Waals surface area contributed by atoms with E-state index in [-0.39, 0.29) is 18.9 Å². The molecule has 1 aliphatic rings. The number of carbonyl (C=O) groups excluding carboxylic acids is 2. The van der Waals surface area contributed by atoms with Gasteiger partial charge in [0.1, 0.15) is 19.2 Å². The lowest BCUT2D eigenvalue weighted by atomic mass is 9.98. The first kappa shape index (κ1) is 22.1. The summed E-state index contributed by atoms with van der Waals surface area (Å²) >= 11 is 0. The molecule has 1 atom stereocenters. The number of alkyl carbamates (subject to hydrolysis) is 1. The molecule has 0 saturated heterocycles. The fraction of sp³-hybridized carbons (Fsp3) is 0.192. The summed E-state index contributed by atoms with van der Waals surface area (Å²) in [6, 6.07) is 24.2. The van der Waals surface area contributed by atoms with E-state index < -0.39 is 30.6 Å². The predicted octanol–water partition coefficient (Wildman–Crippen LogP) is 3.34. The minimum Gasteiger partial charge on any atom is -0.480 e. The van der Waals surface area contributed by atoms with Crippen LogP contribution in [0.3, 0.4) is 0 Å². The number of carbonyl (C=O) groups is 3. The van der Waals surface area contributed by atoms with Crippen molar-refractivity contribution >= 4 is 18.0 Å². The van der Waals surface area contributed by atoms with Crippen molar-refractivity contribution in [1.82, 2.24) is 10.6 Å². The number of hydrogen-bond donors (Lipinski definition) is 3. The average molecular weight is 444 g/mol. The maximum atomic E-state index is 12.6. The van der Waals surface area contributed by atoms with Crippen molar-refractivity contribution in [2.24, 2.45) is 0 Å². The van der Waals surface area contributed by atoms with Crippen molar-refractivity contribution in [3.8, 4) is 11.1 Å². The van der Waals surface area contributed by atoms with Crippen molar-refractivity contribution < 1.29 is 24.2 Å². The van der Waals surface area contributed by atoms with E-state index in [1.807, 2.05) is 66.7 Å². The van der Waals surface area contributed by atoms with Crippen LogP contribution in [-0.4, -0.2) is 42.3 Å². The van der Waals surface area contributed by atoms with Crippen molar-refractivity contribution in [1.29, 1.82) is 0 Å². The zero-order valence-electron chi connectivity index (χ0n) is 17.9. The first-order valence-electron chi connectivity index (χ1n) is 10.7. The van der Waals surface area contributed by atoms with E-state index >= 15 is 0 Å². The third-order valence-corrected chi connectivity index (χ3v) is 5.65. The maximum absolute atomic E-state index is 12.6. The summed E-state index contributed by atoms with van der Waals surface area (Å²) in [5.41, 5.74) is 5.25. The summed E-state index contributed by atoms with van der Waals surface area (Å²) in [6.45, 7) is -0.412. The Morgan fingerprint density at radius 3 is 2.03 bits per heavy atom. The minimum absolute atomic E-state index is 0.100. The molecule has 3 aromatic rings. The van der Waals surface area contributed by atoms with Gasteiger partial charge in [-0.1, -0.05) is 78.9 Å². The molecular formula is C26H24N2O5. The Morgan fingerprint density at radius 2 is 1.42 bits per heavy atom. The van der Waals surface area contributed by atoms with Crippen LogP contribution in [0.5, 0.6) is 0 Å². The zero-order chi connectivity index (χ0) is 23.2. The van der Waals surface area contributed by atoms with Crippen LogP contribution in [0.1, 0.15) is 22.6 Å². The number of carboxylic acid groups (broad SMARTS) is 1. The van der Waals surface area contributed by atoms with Gasteiger partial charge in [-0.2, -0.15) is 0 Å². The second kappa shape index (κ2) is 9.99. The monoisotopic (exact) mass is 444 g/mol. The first-order valence-corrected chi connectivity index (χ1v) is 10.7. The van der Waals surface area contributed by atoms with Crippen molar-refractivity contribution in [3.63, 3.8) is 0 Å². The van der Waals surface area contributed by atoms with Gasteiger partial charge in [0.25, 0.3) is 0 Å². The lowest BCUT2D eigenvalue weighted by Gasteiger charge is -2.19. The van der Waals surface area contributed by atoms with Gasteiger partial charge in [0.05, 0.1) is 0 Å². The quantitative estimate of drug-likeness (QED) is 0.494. The summed E-state index contributed by atoms with van der Waals surface area (Å²) in [6.07, 6.45) is -0.528. The Kier molecular flexibility index (Phi) is 6.69. The number of fused-ring (bicyclic) bond motifs is 3. The van der Waals surface area contributed by atoms with Gasteiger partial charge in [-0.05, 0) is 27.8 Å². The highest BCUT2D eigenvalue weighted by Gasteiger charge is 2.30. The fourth-order valence-electron chi connectivity index (χ4n) is 4.13. The van der Waals surface area contributed by atoms with Crippen LogP contribution >= 0.6 is 0 Å². The number of ether oxygens (including phenoxy) is 1. The van der Waals surface area contributed by atoms with Gasteiger partial charge in [-0.3, -0.25) is 9.59 Å². The Bertz CT molecular complexity index is 1120. The van der Waals surface area contributed by atoms with Gasteiger partial charge in [-0.25, -0.2) is 4.79 Å². The second-order valence-corrected chi connectivity index (χ2v) is 7.82. The topological polar surface area (TPSA) is 105 Å². The Hall–Kier alpha value is -4.13. The SMILES string of the molecule is O=C(O)CNC(=O)C(Cc1ccccc1)NC(=O)OCC1c2ccccc2-c2ccccc21. The van der Waals surface area contributed by atoms with Gasteiger partial charge < -0.3 is 20.5 Å². The van der Waals surface area contributed by atoms with E-state index in [0.29, 0.717) is 0 Å². The van der Waals surface area contributed by atoms with Crippen LogP contribution in [0.25, 0.3) is 11.1 Å². The number of amides is 2. The molecule has 3 N–H and O–H groups in total. The summed E-state index contributed by atoms with van der Waals surface area (Å²) in [5, 5.41) is 13.8. The molecule has 0 fully saturated rings. The van der Waals surface area contributed by atoms with E-state index in [0.717, 1.165) is 27.8 Å². The van der Waals surface area contributed by atoms with Crippen LogP contribution in [0, 0.1) is 0 Å². The van der Waals surface area contributed by atoms with Crippen LogP contribution in [0.15, 0.2) is 78.9 Å². The fourth-order valence-corrected chi connectivity index (χ4v) is 4.13. The molecule has 0 radical (unpaired) electrons. The van der Waals surface area contributed by atoms with Gasteiger partial charge >= 0.3 is 12.1 Å². The standard InChI is InChI=1S/C26H24N2O5/c29-24(30)15-27-25(31)23(14-17-8-2-1-3-9-17)28-26(32)33-16-22-20-12-6-4-10-18(20)19-11-5-7-13-21(19)22/h1-13,22-23H,14-16H2,(H,27,31)(H,28,32)(H,29,30). The first-order chi connectivity index (χ1) is 16.0. The number of aliphatic carboxylic acids is 1. The van der Waals surface area contributed by atoms with Crippen molar-refractivity contribution in [3.05, 3.63) is 95.6 Å². The molecule has 168 valence electrons. The molecule has 1 aliphatic carbocycles. The van der Waals surface area contributed by atoms with E-state index in [1.54, 1.807) is 0 Å². The normalized spacial score (nSPS) is 12.8. The largest absolute Gasteiger partial charge is 0.480 e. The predicted molar refractivity (Wildman–Crippen MR) is 123 cm³/mol. The molecule has 0 bridgehead atoms. The maximum Gasteiger partial charge on any atom is 0.407 e. The molecule has 0 spiro atoms. The molecule has 2 amide bonds. The number of nitrogens with one attached hydrogen (secondary N) is 2. The summed E-state index contributed by atoms with van der Waals surface area (Å²) < 4.78 is 5.54. The molecular weight excluding hydrogens is 420 g/mol. The molecule has 33 heavy (non-hydrogen) atoms. The van der Waals surface area contributed by atoms with Crippen LogP contribution in [0.2, 0.25) is 0 Å². The summed E-state index contributed by atoms with van der Waals surface area (Å²) in [4.78, 5) is 36.0. The van der Waals surface area contributed by atoms with Gasteiger partial charge in [0.15, 0.2) is 0 Å². The molecule has 0 aromatic heterocycles. The number of benzene rings is 3. The van der Waals surface area contributed by atoms with E-state index in [1.165, 1.54) is 0 Å². The van der Waals surface area contributed by atoms with Gasteiger partial charge in [-0.15, -0.1) is 0 Å². The third kappa shape index (κ3) is 5.20. The number of hydrogen-bond acceptors (Lipinski definition) is 4. The molecule has 3 aromatic carbocycles. The second-order valence-electron chi connectivity index (χ2n) is 7.82. The Balaban J connectivity index is 1.44. The molecule has 7 nitrogen and oxygen atoms in total. The van der Waals surface area contributed by atoms with E-state index in [9.17, 15) is 14.4 Å². The molecule has 0 aliphatic heterocycles. The lowest BCUT2D eigenvalue weighted by molar-refractivity contribution is -0.138. The molecule has 4 rings (SSSR count). The van der Waals surface area contributed by atoms with Crippen molar-refractivity contribution in [2.45, 2.75) is 18.4 Å². The average Bonchev–Trinajstić information content (AvgIpc) is 3.15. The third-order valence-electron chi connectivity index (χ3n) is 5.65. The zero-order valence-corrected chi connectivity index (χ0v) is 17.9. The molecule has 7 heteroatoms. The number of rotatable bonds is 8. The minimum atomic E-state index is -1.16. The highest BCUT2D eigenvalue weighted by atomic mass is 16.5.